The van der Waals surface area contributed by atoms with Crippen LogP contribution in [0.3, 0.4) is 0 Å². The number of likely N-dealkylation sites (tertiary alicyclic amines) is 1. The molecule has 0 aliphatic carbocycles. The number of hydrogen-bond donors (Lipinski definition) is 3. The number of benzene rings is 2. The fraction of sp³-hybridized carbons (Fsp3) is 0.464. The second-order valence-corrected chi connectivity index (χ2v) is 12.5. The number of fused-ring (bicyclic) bond motifs is 1. The molecule has 4 rings (SSSR count). The molecule has 1 unspecified atom stereocenters. The Morgan fingerprint density at radius 3 is 2.47 bits per heavy atom. The zero-order valence-electron chi connectivity index (χ0n) is 22.2. The Labute approximate surface area is 224 Å². The summed E-state index contributed by atoms with van der Waals surface area (Å²) in [4.78, 5) is 36.7. The summed E-state index contributed by atoms with van der Waals surface area (Å²) in [5.74, 6) is -1.75. The van der Waals surface area contributed by atoms with Gasteiger partial charge in [0.25, 0.3) is 0 Å². The molecular formula is C28H37N5O4S. The van der Waals surface area contributed by atoms with E-state index in [0.29, 0.717) is 24.3 Å². The van der Waals surface area contributed by atoms with Crippen LogP contribution < -0.4 is 10.5 Å². The highest BCUT2D eigenvalue weighted by Crippen LogP contribution is 2.37. The standard InChI is InChI=1S/C28H37N5O4S/c1-19(2)15-17-38(36,37)32-28(27(29)35,20(3)26-30-22-12-7-8-13-23(22)31-26)18-25(34)33-16-9-14-24(33)21-10-5-4-6-11-21/h4-8,10-13,19-20,24,32H,9,14-18H2,1-3H3,(H2,29,35)(H,30,31)/t20-,24+,28?/m0/s1. The predicted octanol–water partition coefficient (Wildman–Crippen LogP) is 3.61. The van der Waals surface area contributed by atoms with Gasteiger partial charge in [-0.3, -0.25) is 9.59 Å². The normalized spacial score (nSPS) is 18.5. The van der Waals surface area contributed by atoms with Crippen molar-refractivity contribution in [3.63, 3.8) is 0 Å². The maximum absolute atomic E-state index is 13.9. The van der Waals surface area contributed by atoms with Crippen LogP contribution in [0.4, 0.5) is 0 Å². The lowest BCUT2D eigenvalue weighted by molar-refractivity contribution is -0.138. The summed E-state index contributed by atoms with van der Waals surface area (Å²) in [5.41, 5.74) is 6.49. The number of nitrogens with two attached hydrogens (primary N) is 1. The maximum atomic E-state index is 13.9. The van der Waals surface area contributed by atoms with Crippen molar-refractivity contribution in [2.24, 2.45) is 11.7 Å². The van der Waals surface area contributed by atoms with E-state index in [1.807, 2.05) is 68.4 Å². The molecule has 1 saturated heterocycles. The fourth-order valence-corrected chi connectivity index (χ4v) is 6.97. The number of para-hydroxylation sites is 2. The molecule has 38 heavy (non-hydrogen) atoms. The Balaban J connectivity index is 1.72. The lowest BCUT2D eigenvalue weighted by Gasteiger charge is -2.37. The van der Waals surface area contributed by atoms with E-state index in [0.717, 1.165) is 23.9 Å². The number of amides is 2. The predicted molar refractivity (Wildman–Crippen MR) is 148 cm³/mol. The van der Waals surface area contributed by atoms with Gasteiger partial charge in [-0.25, -0.2) is 13.4 Å². The van der Waals surface area contributed by atoms with Gasteiger partial charge < -0.3 is 15.6 Å². The molecule has 1 fully saturated rings. The smallest absolute Gasteiger partial charge is 0.240 e. The lowest BCUT2D eigenvalue weighted by atomic mass is 9.81. The average molecular weight is 540 g/mol. The molecular weight excluding hydrogens is 502 g/mol. The number of hydrogen-bond acceptors (Lipinski definition) is 5. The first kappa shape index (κ1) is 27.8. The Bertz CT molecular complexity index is 1360. The van der Waals surface area contributed by atoms with Gasteiger partial charge in [0.2, 0.25) is 21.8 Å². The first-order valence-corrected chi connectivity index (χ1v) is 14.8. The Morgan fingerprint density at radius 2 is 1.82 bits per heavy atom. The van der Waals surface area contributed by atoms with Crippen LogP contribution in [0.2, 0.25) is 0 Å². The van der Waals surface area contributed by atoms with Gasteiger partial charge in [0.15, 0.2) is 0 Å². The van der Waals surface area contributed by atoms with E-state index in [2.05, 4.69) is 14.7 Å². The van der Waals surface area contributed by atoms with E-state index in [1.54, 1.807) is 11.8 Å². The molecule has 204 valence electrons. The van der Waals surface area contributed by atoms with Crippen molar-refractivity contribution in [1.82, 2.24) is 19.6 Å². The number of nitrogens with one attached hydrogen (secondary N) is 2. The molecule has 3 aromatic rings. The quantitative estimate of drug-likeness (QED) is 0.342. The van der Waals surface area contributed by atoms with E-state index in [4.69, 9.17) is 5.73 Å². The molecule has 0 radical (unpaired) electrons. The summed E-state index contributed by atoms with van der Waals surface area (Å²) in [7, 11) is -3.96. The fourth-order valence-electron chi connectivity index (χ4n) is 5.19. The van der Waals surface area contributed by atoms with Gasteiger partial charge in [-0.15, -0.1) is 0 Å². The SMILES string of the molecule is CC(C)CCS(=O)(=O)NC(CC(=O)N1CCC[C@@H]1c1ccccc1)(C(N)=O)[C@@H](C)c1nc2ccccc2[nH]1. The summed E-state index contributed by atoms with van der Waals surface area (Å²) in [5, 5.41) is 0. The zero-order chi connectivity index (χ0) is 27.5. The Kier molecular flexibility index (Phi) is 8.22. The highest BCUT2D eigenvalue weighted by molar-refractivity contribution is 7.89. The van der Waals surface area contributed by atoms with Crippen LogP contribution in [-0.2, 0) is 19.6 Å². The number of sulfonamides is 1. The van der Waals surface area contributed by atoms with Crippen LogP contribution >= 0.6 is 0 Å². The van der Waals surface area contributed by atoms with Crippen molar-refractivity contribution in [2.75, 3.05) is 12.3 Å². The van der Waals surface area contributed by atoms with E-state index in [-0.39, 0.29) is 23.6 Å². The molecule has 9 nitrogen and oxygen atoms in total. The molecule has 1 aliphatic rings. The zero-order valence-corrected chi connectivity index (χ0v) is 23.0. The van der Waals surface area contributed by atoms with Gasteiger partial charge in [-0.05, 0) is 42.9 Å². The van der Waals surface area contributed by atoms with Gasteiger partial charge in [-0.2, -0.15) is 4.72 Å². The summed E-state index contributed by atoms with van der Waals surface area (Å²) >= 11 is 0. The van der Waals surface area contributed by atoms with E-state index in [1.165, 1.54) is 0 Å². The van der Waals surface area contributed by atoms with Gasteiger partial charge in [-0.1, -0.05) is 63.2 Å². The molecule has 1 aliphatic heterocycles. The summed E-state index contributed by atoms with van der Waals surface area (Å²) < 4.78 is 29.2. The van der Waals surface area contributed by atoms with E-state index >= 15 is 0 Å². The number of carbonyl (C=O) groups is 2. The van der Waals surface area contributed by atoms with Crippen LogP contribution in [0.25, 0.3) is 11.0 Å². The second kappa shape index (κ2) is 11.2. The minimum absolute atomic E-state index is 0.139. The Hall–Kier alpha value is -3.24. The van der Waals surface area contributed by atoms with Crippen molar-refractivity contribution in [3.8, 4) is 0 Å². The lowest BCUT2D eigenvalue weighted by Crippen LogP contribution is -2.62. The first-order chi connectivity index (χ1) is 18.0. The van der Waals surface area contributed by atoms with Gasteiger partial charge >= 0.3 is 0 Å². The molecule has 2 aromatic carbocycles. The van der Waals surface area contributed by atoms with Crippen molar-refractivity contribution < 1.29 is 18.0 Å². The molecule has 0 bridgehead atoms. The highest BCUT2D eigenvalue weighted by Gasteiger charge is 2.50. The third kappa shape index (κ3) is 5.91. The molecule has 1 aromatic heterocycles. The number of nitrogens with zero attached hydrogens (tertiary/aromatic N) is 2. The molecule has 0 saturated carbocycles. The molecule has 3 atom stereocenters. The van der Waals surface area contributed by atoms with Crippen LogP contribution in [0.1, 0.15) is 69.8 Å². The minimum atomic E-state index is -3.96. The number of aromatic amines is 1. The molecule has 2 amide bonds. The summed E-state index contributed by atoms with van der Waals surface area (Å²) in [6, 6.07) is 16.9. The molecule has 0 spiro atoms. The van der Waals surface area contributed by atoms with Crippen LogP contribution in [0, 0.1) is 5.92 Å². The van der Waals surface area contributed by atoms with Crippen molar-refractivity contribution in [1.29, 1.82) is 0 Å². The summed E-state index contributed by atoms with van der Waals surface area (Å²) in [6.45, 7) is 6.05. The minimum Gasteiger partial charge on any atom is -0.368 e. The monoisotopic (exact) mass is 539 g/mol. The van der Waals surface area contributed by atoms with Crippen molar-refractivity contribution >= 4 is 32.9 Å². The largest absolute Gasteiger partial charge is 0.368 e. The number of primary amides is 1. The van der Waals surface area contributed by atoms with Gasteiger partial charge in [0.1, 0.15) is 11.4 Å². The van der Waals surface area contributed by atoms with Crippen LogP contribution in [0.15, 0.2) is 54.6 Å². The number of rotatable bonds is 11. The highest BCUT2D eigenvalue weighted by atomic mass is 32.2. The van der Waals surface area contributed by atoms with E-state index in [9.17, 15) is 18.0 Å². The third-order valence-corrected chi connectivity index (χ3v) is 8.93. The van der Waals surface area contributed by atoms with Crippen molar-refractivity contribution in [3.05, 3.63) is 66.0 Å². The maximum Gasteiger partial charge on any atom is 0.240 e. The first-order valence-electron chi connectivity index (χ1n) is 13.1. The van der Waals surface area contributed by atoms with Crippen LogP contribution in [0.5, 0.6) is 0 Å². The number of aromatic nitrogens is 2. The molecule has 2 heterocycles. The number of carbonyl (C=O) groups excluding carboxylic acids is 2. The van der Waals surface area contributed by atoms with E-state index < -0.39 is 33.8 Å². The number of imidazole rings is 1. The van der Waals surface area contributed by atoms with Gasteiger partial charge in [0.05, 0.1) is 29.2 Å². The van der Waals surface area contributed by atoms with Crippen LogP contribution in [-0.4, -0.2) is 52.9 Å². The average Bonchev–Trinajstić information content (AvgIpc) is 3.54. The molecule has 4 N–H and O–H groups in total. The van der Waals surface area contributed by atoms with Gasteiger partial charge in [0, 0.05) is 12.5 Å². The third-order valence-electron chi connectivity index (χ3n) is 7.49. The van der Waals surface area contributed by atoms with Crippen molar-refractivity contribution in [2.45, 2.75) is 64.0 Å². The topological polar surface area (TPSA) is 138 Å². The second-order valence-electron chi connectivity index (χ2n) is 10.6. The Morgan fingerprint density at radius 1 is 1.13 bits per heavy atom. The summed E-state index contributed by atoms with van der Waals surface area (Å²) in [6.07, 6.45) is 1.59. The molecule has 10 heteroatoms. The number of H-pyrrole nitrogens is 1.